The van der Waals surface area contributed by atoms with E-state index in [4.69, 9.17) is 9.15 Å². The summed E-state index contributed by atoms with van der Waals surface area (Å²) in [6.07, 6.45) is 1.72. The number of hydrogen-bond acceptors (Lipinski definition) is 8. The lowest BCUT2D eigenvalue weighted by Crippen LogP contribution is -2.21. The first-order chi connectivity index (χ1) is 16.1. The average molecular weight is 479 g/mol. The molecule has 2 aromatic carbocycles. The van der Waals surface area contributed by atoms with Crippen LogP contribution in [0.2, 0.25) is 0 Å². The van der Waals surface area contributed by atoms with Gasteiger partial charge >= 0.3 is 11.6 Å². The number of carbonyl (C=O) groups excluding carboxylic acids is 1. The van der Waals surface area contributed by atoms with E-state index in [9.17, 15) is 9.59 Å². The number of carbonyl (C=O) groups is 1. The number of nitrogens with zero attached hydrogens (tertiary/aromatic N) is 2. The molecule has 0 fully saturated rings. The number of esters is 1. The van der Waals surface area contributed by atoms with E-state index in [2.05, 4.69) is 23.7 Å². The second-order valence-corrected chi connectivity index (χ2v) is 9.19. The maximum Gasteiger partial charge on any atom is 0.344 e. The molecule has 0 atom stereocenters. The average Bonchev–Trinajstić information content (AvgIpc) is 2.84. The SMILES string of the molecule is CCN(CC)c1ccc2c(OC(=O)c3ccccc3SSc3ccccn3)cc(=O)oc2c1. The van der Waals surface area contributed by atoms with E-state index in [1.807, 2.05) is 42.5 Å². The van der Waals surface area contributed by atoms with Crippen LogP contribution < -0.4 is 15.3 Å². The first-order valence-corrected chi connectivity index (χ1v) is 12.6. The van der Waals surface area contributed by atoms with Gasteiger partial charge in [0.2, 0.25) is 0 Å². The molecule has 8 heteroatoms. The zero-order valence-electron chi connectivity index (χ0n) is 18.2. The molecule has 0 saturated carbocycles. The number of hydrogen-bond donors (Lipinski definition) is 0. The van der Waals surface area contributed by atoms with Crippen LogP contribution in [0.4, 0.5) is 5.69 Å². The van der Waals surface area contributed by atoms with E-state index in [0.29, 0.717) is 16.5 Å². The van der Waals surface area contributed by atoms with Crippen molar-refractivity contribution in [2.45, 2.75) is 23.8 Å². The molecule has 168 valence electrons. The van der Waals surface area contributed by atoms with Crippen molar-refractivity contribution in [2.75, 3.05) is 18.0 Å². The van der Waals surface area contributed by atoms with Crippen molar-refractivity contribution in [3.63, 3.8) is 0 Å². The lowest BCUT2D eigenvalue weighted by molar-refractivity contribution is 0.0733. The van der Waals surface area contributed by atoms with Crippen molar-refractivity contribution >= 4 is 44.2 Å². The maximum atomic E-state index is 13.1. The topological polar surface area (TPSA) is 72.6 Å². The Morgan fingerprint density at radius 3 is 2.55 bits per heavy atom. The summed E-state index contributed by atoms with van der Waals surface area (Å²) in [5.74, 6) is -0.367. The lowest BCUT2D eigenvalue weighted by atomic mass is 10.2. The molecule has 0 bridgehead atoms. The minimum Gasteiger partial charge on any atom is -0.422 e. The summed E-state index contributed by atoms with van der Waals surface area (Å²) in [6, 6.07) is 19.6. The van der Waals surface area contributed by atoms with Gasteiger partial charge in [0.15, 0.2) is 0 Å². The van der Waals surface area contributed by atoms with Crippen LogP contribution in [0.5, 0.6) is 5.75 Å². The van der Waals surface area contributed by atoms with E-state index >= 15 is 0 Å². The van der Waals surface area contributed by atoms with Crippen molar-refractivity contribution in [1.82, 2.24) is 4.98 Å². The third-order valence-corrected chi connectivity index (χ3v) is 7.32. The quantitative estimate of drug-likeness (QED) is 0.172. The third-order valence-electron chi connectivity index (χ3n) is 4.98. The number of benzene rings is 2. The van der Waals surface area contributed by atoms with Crippen LogP contribution in [-0.2, 0) is 0 Å². The number of anilines is 1. The fourth-order valence-corrected chi connectivity index (χ4v) is 5.38. The Morgan fingerprint density at radius 2 is 1.79 bits per heavy atom. The lowest BCUT2D eigenvalue weighted by Gasteiger charge is -2.21. The Bertz CT molecular complexity index is 1320. The van der Waals surface area contributed by atoms with Gasteiger partial charge in [0.25, 0.3) is 0 Å². The molecule has 0 radical (unpaired) electrons. The van der Waals surface area contributed by atoms with Crippen molar-refractivity contribution in [3.8, 4) is 5.75 Å². The molecule has 0 amide bonds. The van der Waals surface area contributed by atoms with Crippen LogP contribution in [0.3, 0.4) is 0 Å². The molecule has 2 aromatic heterocycles. The first-order valence-electron chi connectivity index (χ1n) is 10.5. The number of ether oxygens (including phenoxy) is 1. The Hall–Kier alpha value is -3.23. The fourth-order valence-electron chi connectivity index (χ4n) is 3.34. The van der Waals surface area contributed by atoms with E-state index in [1.54, 1.807) is 24.4 Å². The second kappa shape index (κ2) is 10.6. The van der Waals surface area contributed by atoms with Gasteiger partial charge in [-0.1, -0.05) is 29.0 Å². The van der Waals surface area contributed by atoms with Gasteiger partial charge in [-0.15, -0.1) is 0 Å². The molecule has 0 aliphatic heterocycles. The normalized spacial score (nSPS) is 10.8. The second-order valence-electron chi connectivity index (χ2n) is 7.00. The van der Waals surface area contributed by atoms with Crippen molar-refractivity contribution in [2.24, 2.45) is 0 Å². The number of fused-ring (bicyclic) bond motifs is 1. The number of aromatic nitrogens is 1. The monoisotopic (exact) mass is 478 g/mol. The highest BCUT2D eigenvalue weighted by molar-refractivity contribution is 8.76. The van der Waals surface area contributed by atoms with Gasteiger partial charge in [0.1, 0.15) is 16.4 Å². The summed E-state index contributed by atoms with van der Waals surface area (Å²) in [5.41, 5.74) is 1.15. The fraction of sp³-hybridized carbons (Fsp3) is 0.160. The zero-order valence-corrected chi connectivity index (χ0v) is 19.8. The minimum absolute atomic E-state index is 0.175. The largest absolute Gasteiger partial charge is 0.422 e. The maximum absolute atomic E-state index is 13.1. The number of pyridine rings is 1. The molecule has 33 heavy (non-hydrogen) atoms. The van der Waals surface area contributed by atoms with Gasteiger partial charge < -0.3 is 14.1 Å². The Labute approximate surface area is 199 Å². The summed E-state index contributed by atoms with van der Waals surface area (Å²) in [6.45, 7) is 5.77. The van der Waals surface area contributed by atoms with E-state index in [-0.39, 0.29) is 5.75 Å². The van der Waals surface area contributed by atoms with Crippen LogP contribution in [0.1, 0.15) is 24.2 Å². The van der Waals surface area contributed by atoms with Gasteiger partial charge in [-0.3, -0.25) is 0 Å². The van der Waals surface area contributed by atoms with Crippen LogP contribution in [-0.4, -0.2) is 24.0 Å². The molecule has 6 nitrogen and oxygen atoms in total. The van der Waals surface area contributed by atoms with Crippen molar-refractivity contribution in [3.05, 3.63) is 88.9 Å². The van der Waals surface area contributed by atoms with E-state index < -0.39 is 11.6 Å². The molecule has 4 aromatic rings. The summed E-state index contributed by atoms with van der Waals surface area (Å²) in [4.78, 5) is 32.4. The molecular weight excluding hydrogens is 456 g/mol. The molecule has 0 spiro atoms. The molecule has 0 unspecified atom stereocenters. The highest BCUT2D eigenvalue weighted by atomic mass is 33.1. The van der Waals surface area contributed by atoms with Crippen molar-refractivity contribution in [1.29, 1.82) is 0 Å². The molecular formula is C25H22N2O4S2. The van der Waals surface area contributed by atoms with E-state index in [0.717, 1.165) is 28.7 Å². The molecule has 2 heterocycles. The Morgan fingerprint density at radius 1 is 1.00 bits per heavy atom. The minimum atomic E-state index is -0.574. The molecule has 0 N–H and O–H groups in total. The van der Waals surface area contributed by atoms with Crippen molar-refractivity contribution < 1.29 is 13.9 Å². The van der Waals surface area contributed by atoms with Crippen LogP contribution >= 0.6 is 21.6 Å². The van der Waals surface area contributed by atoms with Crippen LogP contribution in [0, 0.1) is 0 Å². The summed E-state index contributed by atoms with van der Waals surface area (Å²) < 4.78 is 11.1. The van der Waals surface area contributed by atoms with Gasteiger partial charge in [-0.05, 0) is 61.0 Å². The zero-order chi connectivity index (χ0) is 23.2. The van der Waals surface area contributed by atoms with Crippen LogP contribution in [0.15, 0.2) is 92.1 Å². The highest BCUT2D eigenvalue weighted by Crippen LogP contribution is 2.38. The summed E-state index contributed by atoms with van der Waals surface area (Å²) in [5, 5.41) is 1.40. The van der Waals surface area contributed by atoms with Gasteiger partial charge in [-0.25, -0.2) is 14.6 Å². The smallest absolute Gasteiger partial charge is 0.344 e. The molecule has 0 saturated heterocycles. The standard InChI is InChI=1S/C25H22N2O4S2/c1-3-27(4-2)17-12-13-18-20(15-17)30-24(28)16-21(18)31-25(29)19-9-5-6-10-22(19)32-33-23-11-7-8-14-26-23/h5-16H,3-4H2,1-2H3. The number of rotatable bonds is 8. The predicted molar refractivity (Wildman–Crippen MR) is 133 cm³/mol. The van der Waals surface area contributed by atoms with Crippen LogP contribution in [0.25, 0.3) is 11.0 Å². The van der Waals surface area contributed by atoms with Gasteiger partial charge in [0.05, 0.1) is 17.0 Å². The van der Waals surface area contributed by atoms with Gasteiger partial charge in [0, 0.05) is 35.9 Å². The Kier molecular flexibility index (Phi) is 7.36. The molecule has 4 rings (SSSR count). The van der Waals surface area contributed by atoms with Gasteiger partial charge in [-0.2, -0.15) is 0 Å². The summed E-state index contributed by atoms with van der Waals surface area (Å²) in [7, 11) is 2.88. The molecule has 0 aliphatic carbocycles. The summed E-state index contributed by atoms with van der Waals surface area (Å²) >= 11 is 0. The predicted octanol–water partition coefficient (Wildman–Crippen LogP) is 6.05. The highest BCUT2D eigenvalue weighted by Gasteiger charge is 2.18. The molecule has 0 aliphatic rings. The Balaban J connectivity index is 1.61. The first kappa shape index (κ1) is 22.9. The van der Waals surface area contributed by atoms with E-state index in [1.165, 1.54) is 27.7 Å². The third kappa shape index (κ3) is 5.40.